The predicted octanol–water partition coefficient (Wildman–Crippen LogP) is 3.32. The second-order valence-corrected chi connectivity index (χ2v) is 4.25. The quantitative estimate of drug-likeness (QED) is 0.826. The van der Waals surface area contributed by atoms with E-state index in [-0.39, 0.29) is 17.8 Å². The fourth-order valence-electron chi connectivity index (χ4n) is 2.24. The Morgan fingerprint density at radius 3 is 2.75 bits per heavy atom. The minimum Gasteiger partial charge on any atom is -0.379 e. The average molecular weight is 218 g/mol. The Balaban J connectivity index is 2.09. The molecule has 0 spiro atoms. The van der Waals surface area contributed by atoms with E-state index in [1.807, 2.05) is 0 Å². The number of halogens is 1. The number of nitrogens with zero attached hydrogens (tertiary/aromatic N) is 1. The van der Waals surface area contributed by atoms with Gasteiger partial charge in [0.1, 0.15) is 5.82 Å². The standard InChI is InChI=1S/C13H15FN2/c14-11-6-2-4-8-13(11)16-12-7-3-1-5-10(12)9-15/h2,4,6,8,10,12,16H,1,3,5,7H2. The SMILES string of the molecule is N#CC1CCCCC1Nc1ccccc1F. The number of nitriles is 1. The maximum atomic E-state index is 13.4. The summed E-state index contributed by atoms with van der Waals surface area (Å²) in [6.45, 7) is 0. The highest BCUT2D eigenvalue weighted by Crippen LogP contribution is 2.27. The van der Waals surface area contributed by atoms with Crippen LogP contribution in [-0.2, 0) is 0 Å². The second-order valence-electron chi connectivity index (χ2n) is 4.25. The zero-order valence-corrected chi connectivity index (χ0v) is 9.12. The molecule has 2 nitrogen and oxygen atoms in total. The van der Waals surface area contributed by atoms with Crippen LogP contribution in [0.1, 0.15) is 25.7 Å². The molecule has 2 unspecified atom stereocenters. The monoisotopic (exact) mass is 218 g/mol. The normalized spacial score (nSPS) is 24.8. The molecule has 1 aromatic rings. The van der Waals surface area contributed by atoms with E-state index < -0.39 is 0 Å². The van der Waals surface area contributed by atoms with Crippen molar-refractivity contribution in [1.29, 1.82) is 5.26 Å². The van der Waals surface area contributed by atoms with Crippen molar-refractivity contribution in [3.8, 4) is 6.07 Å². The summed E-state index contributed by atoms with van der Waals surface area (Å²) in [7, 11) is 0. The molecule has 0 radical (unpaired) electrons. The van der Waals surface area contributed by atoms with Gasteiger partial charge >= 0.3 is 0 Å². The molecule has 0 amide bonds. The summed E-state index contributed by atoms with van der Waals surface area (Å²) in [6.07, 6.45) is 4.09. The third-order valence-electron chi connectivity index (χ3n) is 3.15. The van der Waals surface area contributed by atoms with E-state index in [0.717, 1.165) is 25.7 Å². The fourth-order valence-corrected chi connectivity index (χ4v) is 2.24. The van der Waals surface area contributed by atoms with E-state index in [1.54, 1.807) is 18.2 Å². The van der Waals surface area contributed by atoms with Crippen LogP contribution in [0.15, 0.2) is 24.3 Å². The maximum absolute atomic E-state index is 13.4. The van der Waals surface area contributed by atoms with E-state index in [4.69, 9.17) is 5.26 Å². The molecule has 0 aromatic heterocycles. The van der Waals surface area contributed by atoms with Crippen molar-refractivity contribution >= 4 is 5.69 Å². The number of anilines is 1. The van der Waals surface area contributed by atoms with Gasteiger partial charge < -0.3 is 5.32 Å². The molecule has 2 atom stereocenters. The van der Waals surface area contributed by atoms with Gasteiger partial charge in [0.05, 0.1) is 17.7 Å². The Hall–Kier alpha value is -1.56. The van der Waals surface area contributed by atoms with Gasteiger partial charge in [-0.15, -0.1) is 0 Å². The third kappa shape index (κ3) is 2.33. The van der Waals surface area contributed by atoms with E-state index in [0.29, 0.717) is 5.69 Å². The van der Waals surface area contributed by atoms with Crippen LogP contribution in [0.25, 0.3) is 0 Å². The van der Waals surface area contributed by atoms with Crippen LogP contribution in [0.4, 0.5) is 10.1 Å². The number of para-hydroxylation sites is 1. The molecule has 84 valence electrons. The van der Waals surface area contributed by atoms with Crippen LogP contribution in [-0.4, -0.2) is 6.04 Å². The van der Waals surface area contributed by atoms with Crippen LogP contribution in [0.5, 0.6) is 0 Å². The van der Waals surface area contributed by atoms with Crippen molar-refractivity contribution in [3.63, 3.8) is 0 Å². The van der Waals surface area contributed by atoms with Gasteiger partial charge in [0.2, 0.25) is 0 Å². The number of nitrogens with one attached hydrogen (secondary N) is 1. The van der Waals surface area contributed by atoms with Gasteiger partial charge in [-0.05, 0) is 25.0 Å². The lowest BCUT2D eigenvalue weighted by Gasteiger charge is -2.28. The average Bonchev–Trinajstić information content (AvgIpc) is 2.33. The van der Waals surface area contributed by atoms with Crippen LogP contribution in [0.2, 0.25) is 0 Å². The van der Waals surface area contributed by atoms with Gasteiger partial charge in [0.25, 0.3) is 0 Å². The topological polar surface area (TPSA) is 35.8 Å². The summed E-state index contributed by atoms with van der Waals surface area (Å²) in [5.74, 6) is -0.238. The van der Waals surface area contributed by atoms with Crippen LogP contribution < -0.4 is 5.32 Å². The lowest BCUT2D eigenvalue weighted by atomic mass is 9.85. The molecule has 0 saturated heterocycles. The molecule has 1 aromatic carbocycles. The Morgan fingerprint density at radius 2 is 2.00 bits per heavy atom. The van der Waals surface area contributed by atoms with Crippen molar-refractivity contribution in [2.75, 3.05) is 5.32 Å². The van der Waals surface area contributed by atoms with Crippen LogP contribution in [0, 0.1) is 23.1 Å². The predicted molar refractivity (Wildman–Crippen MR) is 61.4 cm³/mol. The summed E-state index contributed by atoms with van der Waals surface area (Å²) in [5, 5.41) is 12.2. The van der Waals surface area contributed by atoms with Crippen molar-refractivity contribution in [3.05, 3.63) is 30.1 Å². The first-order chi connectivity index (χ1) is 7.81. The molecular formula is C13H15FN2. The Kier molecular flexibility index (Phi) is 3.40. The fraction of sp³-hybridized carbons (Fsp3) is 0.462. The van der Waals surface area contributed by atoms with E-state index >= 15 is 0 Å². The molecule has 3 heteroatoms. The third-order valence-corrected chi connectivity index (χ3v) is 3.15. The Morgan fingerprint density at radius 1 is 1.25 bits per heavy atom. The molecule has 1 N–H and O–H groups in total. The first kappa shape index (κ1) is 10.9. The van der Waals surface area contributed by atoms with Crippen molar-refractivity contribution in [2.45, 2.75) is 31.7 Å². The van der Waals surface area contributed by atoms with E-state index in [9.17, 15) is 4.39 Å². The first-order valence-electron chi connectivity index (χ1n) is 5.72. The Bertz CT molecular complexity index is 397. The number of rotatable bonds is 2. The van der Waals surface area contributed by atoms with Gasteiger partial charge in [0, 0.05) is 6.04 Å². The summed E-state index contributed by atoms with van der Waals surface area (Å²) < 4.78 is 13.4. The van der Waals surface area contributed by atoms with Crippen molar-refractivity contribution in [2.24, 2.45) is 5.92 Å². The van der Waals surface area contributed by atoms with E-state index in [2.05, 4.69) is 11.4 Å². The number of hydrogen-bond acceptors (Lipinski definition) is 2. The lowest BCUT2D eigenvalue weighted by molar-refractivity contribution is 0.387. The van der Waals surface area contributed by atoms with Crippen LogP contribution in [0.3, 0.4) is 0 Å². The molecule has 16 heavy (non-hydrogen) atoms. The molecule has 0 heterocycles. The zero-order valence-electron chi connectivity index (χ0n) is 9.12. The zero-order chi connectivity index (χ0) is 11.4. The highest BCUT2D eigenvalue weighted by atomic mass is 19.1. The molecule has 1 fully saturated rings. The number of hydrogen-bond donors (Lipinski definition) is 1. The highest BCUT2D eigenvalue weighted by molar-refractivity contribution is 5.45. The van der Waals surface area contributed by atoms with Gasteiger partial charge in [-0.1, -0.05) is 25.0 Å². The van der Waals surface area contributed by atoms with Gasteiger partial charge in [-0.2, -0.15) is 5.26 Å². The molecule has 2 rings (SSSR count). The van der Waals surface area contributed by atoms with Crippen LogP contribution >= 0.6 is 0 Å². The molecular weight excluding hydrogens is 203 g/mol. The molecule has 1 aliphatic carbocycles. The molecule has 0 aliphatic heterocycles. The van der Waals surface area contributed by atoms with Crippen molar-refractivity contribution < 1.29 is 4.39 Å². The summed E-state index contributed by atoms with van der Waals surface area (Å²) in [6, 6.07) is 9.03. The minimum absolute atomic E-state index is 0.00774. The molecule has 1 saturated carbocycles. The second kappa shape index (κ2) is 4.98. The smallest absolute Gasteiger partial charge is 0.146 e. The minimum atomic E-state index is -0.246. The largest absolute Gasteiger partial charge is 0.379 e. The maximum Gasteiger partial charge on any atom is 0.146 e. The number of benzene rings is 1. The van der Waals surface area contributed by atoms with E-state index in [1.165, 1.54) is 6.07 Å². The van der Waals surface area contributed by atoms with Gasteiger partial charge in [-0.3, -0.25) is 0 Å². The summed E-state index contributed by atoms with van der Waals surface area (Å²) >= 11 is 0. The summed E-state index contributed by atoms with van der Waals surface area (Å²) in [5.41, 5.74) is 0.509. The highest BCUT2D eigenvalue weighted by Gasteiger charge is 2.25. The molecule has 0 bridgehead atoms. The summed E-state index contributed by atoms with van der Waals surface area (Å²) in [4.78, 5) is 0. The van der Waals surface area contributed by atoms with Crippen molar-refractivity contribution in [1.82, 2.24) is 0 Å². The van der Waals surface area contributed by atoms with Gasteiger partial charge in [0.15, 0.2) is 0 Å². The van der Waals surface area contributed by atoms with Gasteiger partial charge in [-0.25, -0.2) is 4.39 Å². The lowest BCUT2D eigenvalue weighted by Crippen LogP contribution is -2.31. The first-order valence-corrected chi connectivity index (χ1v) is 5.72. The Labute approximate surface area is 95.1 Å². The molecule has 1 aliphatic rings.